The average Bonchev–Trinajstić information content (AvgIpc) is 3.38. The maximum atomic E-state index is 11.6. The van der Waals surface area contributed by atoms with Gasteiger partial charge in [0, 0.05) is 37.1 Å². The Hall–Kier alpha value is -1.02. The van der Waals surface area contributed by atoms with Crippen LogP contribution in [0.15, 0.2) is 29.3 Å². The van der Waals surface area contributed by atoms with Crippen LogP contribution in [0.25, 0.3) is 0 Å². The minimum Gasteiger partial charge on any atom is -0.469 e. The molecule has 2 aliphatic rings. The highest BCUT2D eigenvalue weighted by atomic mass is 127. The van der Waals surface area contributed by atoms with Gasteiger partial charge in [-0.25, -0.2) is 0 Å². The summed E-state index contributed by atoms with van der Waals surface area (Å²) in [4.78, 5) is 18.3. The smallest absolute Gasteiger partial charge is 0.308 e. The molecule has 1 aliphatic heterocycles. The zero-order valence-corrected chi connectivity index (χ0v) is 17.7. The lowest BCUT2D eigenvalue weighted by Crippen LogP contribution is -2.47. The minimum atomic E-state index is -0.0965. The number of benzene rings is 1. The highest BCUT2D eigenvalue weighted by Gasteiger charge is 2.40. The maximum absolute atomic E-state index is 11.6. The zero-order valence-electron chi connectivity index (χ0n) is 14.6. The van der Waals surface area contributed by atoms with Crippen LogP contribution >= 0.6 is 35.6 Å². The van der Waals surface area contributed by atoms with E-state index in [9.17, 15) is 4.79 Å². The van der Waals surface area contributed by atoms with Crippen molar-refractivity contribution in [1.82, 2.24) is 10.2 Å². The number of hydrogen-bond donors (Lipinski definition) is 1. The van der Waals surface area contributed by atoms with Crippen LogP contribution in [-0.2, 0) is 9.53 Å². The number of hydrogen-bond acceptors (Lipinski definition) is 3. The van der Waals surface area contributed by atoms with Gasteiger partial charge in [0.05, 0.1) is 13.0 Å². The third-order valence-electron chi connectivity index (χ3n) is 4.92. The lowest BCUT2D eigenvalue weighted by Gasteiger charge is -2.33. The first-order chi connectivity index (χ1) is 11.6. The summed E-state index contributed by atoms with van der Waals surface area (Å²) in [6.07, 6.45) is 2.73. The number of methoxy groups -OCH3 is 1. The van der Waals surface area contributed by atoms with Crippen LogP contribution in [0.2, 0.25) is 5.02 Å². The fraction of sp³-hybridized carbons (Fsp3) is 0.556. The van der Waals surface area contributed by atoms with Crippen LogP contribution in [-0.4, -0.2) is 50.1 Å². The summed E-state index contributed by atoms with van der Waals surface area (Å²) in [6, 6.07) is 8.47. The van der Waals surface area contributed by atoms with Gasteiger partial charge in [0.15, 0.2) is 5.96 Å². The monoisotopic (exact) mass is 477 g/mol. The lowest BCUT2D eigenvalue weighted by molar-refractivity contribution is -0.146. The first kappa shape index (κ1) is 20.3. The van der Waals surface area contributed by atoms with E-state index >= 15 is 0 Å². The number of rotatable bonds is 3. The van der Waals surface area contributed by atoms with E-state index in [4.69, 9.17) is 16.3 Å². The van der Waals surface area contributed by atoms with Crippen molar-refractivity contribution < 1.29 is 9.53 Å². The summed E-state index contributed by atoms with van der Waals surface area (Å²) in [6.45, 7) is 1.65. The molecule has 0 radical (unpaired) electrons. The molecule has 1 saturated heterocycles. The number of aliphatic imine (C=N–C) groups is 1. The lowest BCUT2D eigenvalue weighted by atomic mass is 9.97. The minimum absolute atomic E-state index is 0. The van der Waals surface area contributed by atoms with Crippen molar-refractivity contribution in [2.75, 3.05) is 27.2 Å². The molecule has 1 heterocycles. The topological polar surface area (TPSA) is 53.9 Å². The number of esters is 1. The molecule has 2 fully saturated rings. The number of nitrogens with zero attached hydrogens (tertiary/aromatic N) is 2. The largest absolute Gasteiger partial charge is 0.469 e. The Morgan fingerprint density at radius 3 is 2.68 bits per heavy atom. The van der Waals surface area contributed by atoms with E-state index in [2.05, 4.69) is 21.3 Å². The molecular weight excluding hydrogens is 453 g/mol. The van der Waals surface area contributed by atoms with Gasteiger partial charge in [-0.15, -0.1) is 24.0 Å². The number of piperidine rings is 1. The summed E-state index contributed by atoms with van der Waals surface area (Å²) in [5.74, 6) is 1.34. The van der Waals surface area contributed by atoms with Crippen molar-refractivity contribution in [3.8, 4) is 0 Å². The van der Waals surface area contributed by atoms with Gasteiger partial charge in [-0.3, -0.25) is 9.79 Å². The number of guanidine groups is 1. The highest BCUT2D eigenvalue weighted by molar-refractivity contribution is 14.0. The Bertz CT molecular complexity index is 633. The zero-order chi connectivity index (χ0) is 17.1. The van der Waals surface area contributed by atoms with Crippen molar-refractivity contribution in [2.24, 2.45) is 10.9 Å². The molecule has 1 N–H and O–H groups in total. The summed E-state index contributed by atoms with van der Waals surface area (Å²) in [5, 5.41) is 4.34. The SMILES string of the molecule is CN=C(NC1CC1c1cccc(Cl)c1)N1CCC(C(=O)OC)CC1.I. The molecule has 25 heavy (non-hydrogen) atoms. The van der Waals surface area contributed by atoms with E-state index in [1.165, 1.54) is 12.7 Å². The fourth-order valence-corrected chi connectivity index (χ4v) is 3.62. The predicted octanol–water partition coefficient (Wildman–Crippen LogP) is 3.27. The van der Waals surface area contributed by atoms with Gasteiger partial charge in [-0.2, -0.15) is 0 Å². The Kier molecular flexibility index (Phi) is 7.37. The van der Waals surface area contributed by atoms with Gasteiger partial charge in [-0.05, 0) is 37.0 Å². The number of likely N-dealkylation sites (tertiary alicyclic amines) is 1. The van der Waals surface area contributed by atoms with Gasteiger partial charge in [0.25, 0.3) is 0 Å². The molecule has 0 bridgehead atoms. The number of carbonyl (C=O) groups is 1. The summed E-state index contributed by atoms with van der Waals surface area (Å²) < 4.78 is 4.84. The van der Waals surface area contributed by atoms with Crippen LogP contribution in [0.3, 0.4) is 0 Å². The number of ether oxygens (including phenoxy) is 1. The van der Waals surface area contributed by atoms with Crippen LogP contribution in [0.4, 0.5) is 0 Å². The standard InChI is InChI=1S/C18H24ClN3O2.HI/c1-20-18(22-8-6-12(7-9-22)17(23)24-2)21-16-11-15(16)13-4-3-5-14(19)10-13;/h3-5,10,12,15-16H,6-9,11H2,1-2H3,(H,20,21);1H. The molecule has 1 aromatic carbocycles. The molecule has 7 heteroatoms. The van der Waals surface area contributed by atoms with Crippen molar-refractivity contribution >= 4 is 47.5 Å². The second kappa shape index (κ2) is 9.07. The average molecular weight is 478 g/mol. The Labute approximate surface area is 171 Å². The summed E-state index contributed by atoms with van der Waals surface area (Å²) in [7, 11) is 3.27. The molecule has 138 valence electrons. The molecule has 1 aliphatic carbocycles. The van der Waals surface area contributed by atoms with Gasteiger partial charge < -0.3 is 15.0 Å². The molecular formula is C18H25ClIN3O2. The van der Waals surface area contributed by atoms with E-state index in [-0.39, 0.29) is 35.9 Å². The first-order valence-electron chi connectivity index (χ1n) is 8.44. The van der Waals surface area contributed by atoms with Crippen molar-refractivity contribution in [2.45, 2.75) is 31.2 Å². The van der Waals surface area contributed by atoms with Crippen LogP contribution in [0.1, 0.15) is 30.7 Å². The second-order valence-electron chi connectivity index (χ2n) is 6.48. The van der Waals surface area contributed by atoms with E-state index in [1.54, 1.807) is 0 Å². The molecule has 2 atom stereocenters. The third kappa shape index (κ3) is 5.00. The third-order valence-corrected chi connectivity index (χ3v) is 5.16. The molecule has 0 aromatic heterocycles. The van der Waals surface area contributed by atoms with Gasteiger partial charge in [0.2, 0.25) is 0 Å². The predicted molar refractivity (Wildman–Crippen MR) is 111 cm³/mol. The molecule has 0 amide bonds. The quantitative estimate of drug-likeness (QED) is 0.314. The summed E-state index contributed by atoms with van der Waals surface area (Å²) in [5.41, 5.74) is 1.28. The second-order valence-corrected chi connectivity index (χ2v) is 6.92. The van der Waals surface area contributed by atoms with Crippen molar-refractivity contribution in [3.63, 3.8) is 0 Å². The van der Waals surface area contributed by atoms with Crippen molar-refractivity contribution in [3.05, 3.63) is 34.9 Å². The van der Waals surface area contributed by atoms with E-state index in [0.29, 0.717) is 12.0 Å². The Morgan fingerprint density at radius 2 is 2.08 bits per heavy atom. The molecule has 0 spiro atoms. The fourth-order valence-electron chi connectivity index (χ4n) is 3.42. The van der Waals surface area contributed by atoms with Crippen LogP contribution in [0.5, 0.6) is 0 Å². The van der Waals surface area contributed by atoms with Gasteiger partial charge in [0.1, 0.15) is 0 Å². The highest BCUT2D eigenvalue weighted by Crippen LogP contribution is 2.41. The van der Waals surface area contributed by atoms with Crippen LogP contribution in [0, 0.1) is 5.92 Å². The Balaban J connectivity index is 0.00000225. The first-order valence-corrected chi connectivity index (χ1v) is 8.81. The number of nitrogens with one attached hydrogen (secondary N) is 1. The van der Waals surface area contributed by atoms with Crippen molar-refractivity contribution in [1.29, 1.82) is 0 Å². The molecule has 3 rings (SSSR count). The summed E-state index contributed by atoms with van der Waals surface area (Å²) >= 11 is 6.08. The number of halogens is 2. The van der Waals surface area contributed by atoms with Gasteiger partial charge >= 0.3 is 5.97 Å². The van der Waals surface area contributed by atoms with Crippen LogP contribution < -0.4 is 5.32 Å². The Morgan fingerprint density at radius 1 is 1.36 bits per heavy atom. The molecule has 5 nitrogen and oxygen atoms in total. The molecule has 2 unspecified atom stereocenters. The van der Waals surface area contributed by atoms with E-state index in [0.717, 1.165) is 43.3 Å². The molecule has 1 saturated carbocycles. The van der Waals surface area contributed by atoms with E-state index < -0.39 is 0 Å². The number of carbonyl (C=O) groups excluding carboxylic acids is 1. The van der Waals surface area contributed by atoms with Gasteiger partial charge in [-0.1, -0.05) is 23.7 Å². The maximum Gasteiger partial charge on any atom is 0.308 e. The normalized spacial score (nSPS) is 23.6. The molecule has 1 aromatic rings. The van der Waals surface area contributed by atoms with E-state index in [1.807, 2.05) is 25.2 Å².